The average Bonchev–Trinajstić information content (AvgIpc) is 2.75. The average molecular weight is 271 g/mol. The molecule has 1 aliphatic rings. The summed E-state index contributed by atoms with van der Waals surface area (Å²) >= 11 is 0. The van der Waals surface area contributed by atoms with Crippen LogP contribution < -0.4 is 5.56 Å². The number of nitrogens with one attached hydrogen (secondary N) is 1. The Bertz CT molecular complexity index is 641. The van der Waals surface area contributed by atoms with Crippen LogP contribution in [0.4, 0.5) is 0 Å². The number of rotatable bonds is 3. The van der Waals surface area contributed by atoms with Gasteiger partial charge in [0, 0.05) is 25.7 Å². The smallest absolute Gasteiger partial charge is 0.267 e. The molecule has 4 nitrogen and oxygen atoms in total. The summed E-state index contributed by atoms with van der Waals surface area (Å²) in [6, 6.07) is 10.9. The molecule has 1 unspecified atom stereocenters. The predicted octanol–water partition coefficient (Wildman–Crippen LogP) is 2.22. The van der Waals surface area contributed by atoms with Gasteiger partial charge < -0.3 is 0 Å². The second-order valence-corrected chi connectivity index (χ2v) is 5.49. The van der Waals surface area contributed by atoms with Crippen molar-refractivity contribution in [1.82, 2.24) is 14.7 Å². The molecule has 4 heteroatoms. The lowest BCUT2D eigenvalue weighted by molar-refractivity contribution is 0.163. The highest BCUT2D eigenvalue weighted by atomic mass is 16.1. The topological polar surface area (TPSA) is 41.0 Å². The highest BCUT2D eigenvalue weighted by Crippen LogP contribution is 2.31. The van der Waals surface area contributed by atoms with E-state index in [1.807, 2.05) is 17.8 Å². The van der Waals surface area contributed by atoms with Crippen LogP contribution in [0, 0.1) is 0 Å². The summed E-state index contributed by atoms with van der Waals surface area (Å²) in [5.74, 6) is 0. The molecule has 0 bridgehead atoms. The SMILES string of the molecule is CCC1c2c(c(=O)[nH]n2C)CCN1Cc1ccccc1. The summed E-state index contributed by atoms with van der Waals surface area (Å²) in [7, 11) is 1.94. The predicted molar refractivity (Wildman–Crippen MR) is 79.6 cm³/mol. The summed E-state index contributed by atoms with van der Waals surface area (Å²) < 4.78 is 1.91. The van der Waals surface area contributed by atoms with Crippen molar-refractivity contribution in [2.45, 2.75) is 32.4 Å². The molecule has 0 spiro atoms. The number of nitrogens with zero attached hydrogens (tertiary/aromatic N) is 2. The van der Waals surface area contributed by atoms with Gasteiger partial charge in [-0.25, -0.2) is 0 Å². The maximum absolute atomic E-state index is 11.9. The standard InChI is InChI=1S/C16H21N3O/c1-3-14-15-13(16(20)17-18(15)2)9-10-19(14)11-12-7-5-4-6-8-12/h4-8,14H,3,9-11H2,1-2H3,(H,17,20). The van der Waals surface area contributed by atoms with E-state index in [1.54, 1.807) is 0 Å². The quantitative estimate of drug-likeness (QED) is 0.930. The van der Waals surface area contributed by atoms with Crippen molar-refractivity contribution < 1.29 is 0 Å². The van der Waals surface area contributed by atoms with Crippen molar-refractivity contribution in [2.24, 2.45) is 7.05 Å². The Hall–Kier alpha value is -1.81. The van der Waals surface area contributed by atoms with Crippen LogP contribution in [0.15, 0.2) is 35.1 Å². The Kier molecular flexibility index (Phi) is 3.49. The Morgan fingerprint density at radius 2 is 2.05 bits per heavy atom. The van der Waals surface area contributed by atoms with Crippen molar-refractivity contribution in [3.63, 3.8) is 0 Å². The monoisotopic (exact) mass is 271 g/mol. The molecule has 0 fully saturated rings. The number of aromatic nitrogens is 2. The first-order chi connectivity index (χ1) is 9.70. The maximum Gasteiger partial charge on any atom is 0.267 e. The maximum atomic E-state index is 11.9. The first-order valence-corrected chi connectivity index (χ1v) is 7.26. The fourth-order valence-electron chi connectivity index (χ4n) is 3.31. The van der Waals surface area contributed by atoms with Crippen LogP contribution in [0.25, 0.3) is 0 Å². The van der Waals surface area contributed by atoms with Crippen molar-refractivity contribution in [2.75, 3.05) is 6.54 Å². The molecule has 1 N–H and O–H groups in total. The second kappa shape index (κ2) is 5.29. The van der Waals surface area contributed by atoms with E-state index in [2.05, 4.69) is 41.2 Å². The number of benzene rings is 1. The van der Waals surface area contributed by atoms with E-state index < -0.39 is 0 Å². The second-order valence-electron chi connectivity index (χ2n) is 5.49. The van der Waals surface area contributed by atoms with E-state index >= 15 is 0 Å². The molecule has 1 aromatic heterocycles. The molecule has 1 aromatic carbocycles. The molecule has 0 radical (unpaired) electrons. The van der Waals surface area contributed by atoms with Crippen LogP contribution in [0.1, 0.15) is 36.2 Å². The lowest BCUT2D eigenvalue weighted by atomic mass is 9.97. The van der Waals surface area contributed by atoms with E-state index in [-0.39, 0.29) is 5.56 Å². The van der Waals surface area contributed by atoms with E-state index in [9.17, 15) is 4.79 Å². The molecule has 0 saturated carbocycles. The molecule has 20 heavy (non-hydrogen) atoms. The Morgan fingerprint density at radius 3 is 2.75 bits per heavy atom. The summed E-state index contributed by atoms with van der Waals surface area (Å²) in [5, 5.41) is 2.90. The zero-order chi connectivity index (χ0) is 14.1. The van der Waals surface area contributed by atoms with Gasteiger partial charge in [-0.15, -0.1) is 0 Å². The molecular formula is C16H21N3O. The van der Waals surface area contributed by atoms with Gasteiger partial charge in [-0.2, -0.15) is 0 Å². The fourth-order valence-corrected chi connectivity index (χ4v) is 3.31. The molecule has 3 rings (SSSR count). The summed E-state index contributed by atoms with van der Waals surface area (Å²) in [5.41, 5.74) is 3.55. The first kappa shape index (κ1) is 13.2. The van der Waals surface area contributed by atoms with Crippen LogP contribution in [0.3, 0.4) is 0 Å². The van der Waals surface area contributed by atoms with E-state index in [0.717, 1.165) is 31.5 Å². The summed E-state index contributed by atoms with van der Waals surface area (Å²) in [6.45, 7) is 4.08. The normalized spacial score (nSPS) is 19.0. The van der Waals surface area contributed by atoms with Crippen LogP contribution in [0.2, 0.25) is 0 Å². The van der Waals surface area contributed by atoms with Gasteiger partial charge >= 0.3 is 0 Å². The molecule has 1 aliphatic heterocycles. The number of fused-ring (bicyclic) bond motifs is 1. The van der Waals surface area contributed by atoms with Gasteiger partial charge in [-0.1, -0.05) is 37.3 Å². The number of hydrogen-bond acceptors (Lipinski definition) is 2. The number of hydrogen-bond donors (Lipinski definition) is 1. The molecule has 1 atom stereocenters. The number of aromatic amines is 1. The first-order valence-electron chi connectivity index (χ1n) is 7.26. The molecule has 0 saturated heterocycles. The van der Waals surface area contributed by atoms with E-state index in [1.165, 1.54) is 11.3 Å². The zero-order valence-electron chi connectivity index (χ0n) is 12.1. The van der Waals surface area contributed by atoms with Crippen LogP contribution in [-0.4, -0.2) is 21.2 Å². The summed E-state index contributed by atoms with van der Waals surface area (Å²) in [6.07, 6.45) is 1.86. The largest absolute Gasteiger partial charge is 0.290 e. The highest BCUT2D eigenvalue weighted by molar-refractivity contribution is 5.25. The molecule has 0 amide bonds. The van der Waals surface area contributed by atoms with Gasteiger partial charge in [0.2, 0.25) is 0 Å². The van der Waals surface area contributed by atoms with Gasteiger partial charge in [0.1, 0.15) is 0 Å². The van der Waals surface area contributed by atoms with Crippen LogP contribution in [-0.2, 0) is 20.0 Å². The van der Waals surface area contributed by atoms with E-state index in [0.29, 0.717) is 6.04 Å². The van der Waals surface area contributed by atoms with Crippen LogP contribution >= 0.6 is 0 Å². The Balaban J connectivity index is 1.91. The van der Waals surface area contributed by atoms with Gasteiger partial charge in [0.25, 0.3) is 5.56 Å². The van der Waals surface area contributed by atoms with Crippen molar-refractivity contribution >= 4 is 0 Å². The Morgan fingerprint density at radius 1 is 1.30 bits per heavy atom. The molecule has 2 heterocycles. The summed E-state index contributed by atoms with van der Waals surface area (Å²) in [4.78, 5) is 14.4. The third-order valence-electron chi connectivity index (χ3n) is 4.23. The number of aryl methyl sites for hydroxylation is 1. The lowest BCUT2D eigenvalue weighted by Gasteiger charge is -2.35. The molecule has 2 aromatic rings. The zero-order valence-corrected chi connectivity index (χ0v) is 12.1. The molecular weight excluding hydrogens is 250 g/mol. The molecule has 106 valence electrons. The van der Waals surface area contributed by atoms with Gasteiger partial charge in [-0.05, 0) is 18.4 Å². The fraction of sp³-hybridized carbons (Fsp3) is 0.438. The van der Waals surface area contributed by atoms with Crippen molar-refractivity contribution in [1.29, 1.82) is 0 Å². The molecule has 0 aliphatic carbocycles. The minimum atomic E-state index is 0.0836. The third-order valence-corrected chi connectivity index (χ3v) is 4.23. The third kappa shape index (κ3) is 2.20. The van der Waals surface area contributed by atoms with Crippen LogP contribution in [0.5, 0.6) is 0 Å². The number of H-pyrrole nitrogens is 1. The van der Waals surface area contributed by atoms with Crippen molar-refractivity contribution in [3.05, 3.63) is 57.5 Å². The van der Waals surface area contributed by atoms with E-state index in [4.69, 9.17) is 0 Å². The Labute approximate surface area is 119 Å². The van der Waals surface area contributed by atoms with Gasteiger partial charge in [0.15, 0.2) is 0 Å². The minimum Gasteiger partial charge on any atom is -0.290 e. The van der Waals surface area contributed by atoms with Gasteiger partial charge in [-0.3, -0.25) is 19.5 Å². The highest BCUT2D eigenvalue weighted by Gasteiger charge is 2.30. The van der Waals surface area contributed by atoms with Crippen molar-refractivity contribution in [3.8, 4) is 0 Å². The minimum absolute atomic E-state index is 0.0836. The van der Waals surface area contributed by atoms with Gasteiger partial charge in [0.05, 0.1) is 11.7 Å². The lowest BCUT2D eigenvalue weighted by Crippen LogP contribution is -2.36.